The Bertz CT molecular complexity index is 989. The number of rotatable bonds is 5. The quantitative estimate of drug-likeness (QED) is 0.785. The minimum absolute atomic E-state index is 0.0655. The average Bonchev–Trinajstić information content (AvgIpc) is 3.27. The molecule has 4 rings (SSSR count). The number of ether oxygens (including phenoxy) is 2. The molecule has 0 aliphatic carbocycles. The number of nitrogens with zero attached hydrogens (tertiary/aromatic N) is 2. The molecule has 0 saturated carbocycles. The van der Waals surface area contributed by atoms with Crippen molar-refractivity contribution in [3.05, 3.63) is 48.0 Å². The highest BCUT2D eigenvalue weighted by atomic mass is 32.2. The van der Waals surface area contributed by atoms with Crippen LogP contribution >= 0.6 is 0 Å². The average molecular weight is 388 g/mol. The Balaban J connectivity index is 1.51. The van der Waals surface area contributed by atoms with Crippen molar-refractivity contribution in [1.82, 2.24) is 0 Å². The Kier molecular flexibility index (Phi) is 4.43. The van der Waals surface area contributed by atoms with Gasteiger partial charge in [0, 0.05) is 31.3 Å². The molecule has 0 atom stereocenters. The van der Waals surface area contributed by atoms with Crippen molar-refractivity contribution in [3.8, 4) is 11.5 Å². The molecule has 27 heavy (non-hydrogen) atoms. The second-order valence-corrected chi connectivity index (χ2v) is 8.45. The van der Waals surface area contributed by atoms with Crippen molar-refractivity contribution < 1.29 is 22.7 Å². The molecular formula is C19H20N2O5S. The zero-order valence-corrected chi connectivity index (χ0v) is 15.7. The van der Waals surface area contributed by atoms with Crippen LogP contribution in [0.2, 0.25) is 0 Å². The molecular weight excluding hydrogens is 368 g/mol. The van der Waals surface area contributed by atoms with E-state index in [-0.39, 0.29) is 25.7 Å². The number of carbonyl (C=O) groups excluding carboxylic acids is 1. The van der Waals surface area contributed by atoms with Gasteiger partial charge in [-0.25, -0.2) is 8.42 Å². The summed E-state index contributed by atoms with van der Waals surface area (Å²) in [6.07, 6.45) is 2.04. The van der Waals surface area contributed by atoms with Crippen LogP contribution in [0.1, 0.15) is 12.0 Å². The third kappa shape index (κ3) is 3.44. The normalized spacial score (nSPS) is 14.9. The van der Waals surface area contributed by atoms with Gasteiger partial charge in [0.1, 0.15) is 0 Å². The summed E-state index contributed by atoms with van der Waals surface area (Å²) in [5.41, 5.74) is 2.51. The second-order valence-electron chi connectivity index (χ2n) is 6.55. The van der Waals surface area contributed by atoms with Crippen molar-refractivity contribution >= 4 is 27.3 Å². The zero-order chi connectivity index (χ0) is 19.0. The largest absolute Gasteiger partial charge is 0.454 e. The van der Waals surface area contributed by atoms with Gasteiger partial charge in [-0.3, -0.25) is 9.10 Å². The van der Waals surface area contributed by atoms with Crippen LogP contribution in [0.4, 0.5) is 11.4 Å². The summed E-state index contributed by atoms with van der Waals surface area (Å²) in [6.45, 7) is 0.807. The Morgan fingerprint density at radius 2 is 1.93 bits per heavy atom. The van der Waals surface area contributed by atoms with Gasteiger partial charge < -0.3 is 14.4 Å². The van der Waals surface area contributed by atoms with Crippen molar-refractivity contribution in [2.75, 3.05) is 35.3 Å². The van der Waals surface area contributed by atoms with Crippen molar-refractivity contribution in [2.24, 2.45) is 0 Å². The molecule has 2 aliphatic heterocycles. The van der Waals surface area contributed by atoms with Gasteiger partial charge in [-0.05, 0) is 30.2 Å². The van der Waals surface area contributed by atoms with Crippen LogP contribution in [0.15, 0.2) is 42.5 Å². The highest BCUT2D eigenvalue weighted by Crippen LogP contribution is 2.36. The van der Waals surface area contributed by atoms with Crippen LogP contribution in [-0.4, -0.2) is 40.5 Å². The van der Waals surface area contributed by atoms with Crippen LogP contribution in [0.25, 0.3) is 0 Å². The lowest BCUT2D eigenvalue weighted by Crippen LogP contribution is -2.36. The summed E-state index contributed by atoms with van der Waals surface area (Å²) in [6, 6.07) is 12.7. The maximum absolute atomic E-state index is 12.7. The molecule has 0 saturated heterocycles. The minimum atomic E-state index is -3.55. The molecule has 2 aromatic carbocycles. The molecule has 0 radical (unpaired) electrons. The molecule has 1 amide bonds. The number of hydrogen-bond acceptors (Lipinski definition) is 5. The number of sulfonamides is 1. The van der Waals surface area contributed by atoms with Gasteiger partial charge in [0.05, 0.1) is 11.9 Å². The topological polar surface area (TPSA) is 76.2 Å². The van der Waals surface area contributed by atoms with Crippen LogP contribution in [0, 0.1) is 0 Å². The molecule has 2 aliphatic rings. The third-order valence-corrected chi connectivity index (χ3v) is 5.96. The van der Waals surface area contributed by atoms with Gasteiger partial charge >= 0.3 is 0 Å². The van der Waals surface area contributed by atoms with E-state index in [1.165, 1.54) is 4.31 Å². The minimum Gasteiger partial charge on any atom is -0.454 e. The first-order valence-electron chi connectivity index (χ1n) is 8.69. The van der Waals surface area contributed by atoms with Crippen LogP contribution in [-0.2, 0) is 21.2 Å². The molecule has 2 aromatic rings. The number of anilines is 2. The van der Waals surface area contributed by atoms with Gasteiger partial charge in [-0.2, -0.15) is 0 Å². The third-order valence-electron chi connectivity index (χ3n) is 4.76. The predicted molar refractivity (Wildman–Crippen MR) is 102 cm³/mol. The lowest BCUT2D eigenvalue weighted by Gasteiger charge is -2.24. The van der Waals surface area contributed by atoms with E-state index >= 15 is 0 Å². The van der Waals surface area contributed by atoms with E-state index < -0.39 is 10.0 Å². The molecule has 0 N–H and O–H groups in total. The molecule has 0 aromatic heterocycles. The van der Waals surface area contributed by atoms with Gasteiger partial charge in [-0.1, -0.05) is 18.2 Å². The summed E-state index contributed by atoms with van der Waals surface area (Å²) in [5.74, 6) is 0.993. The summed E-state index contributed by atoms with van der Waals surface area (Å²) < 4.78 is 36.4. The van der Waals surface area contributed by atoms with Gasteiger partial charge in [-0.15, -0.1) is 0 Å². The van der Waals surface area contributed by atoms with Gasteiger partial charge in [0.15, 0.2) is 11.5 Å². The highest BCUT2D eigenvalue weighted by molar-refractivity contribution is 7.92. The van der Waals surface area contributed by atoms with E-state index in [1.54, 1.807) is 23.1 Å². The standard InChI is InChI=1S/C19H20N2O5S/c1-27(23,24)21(15-6-7-17-18(12-15)26-13-25-17)11-9-19(22)20-10-8-14-4-2-3-5-16(14)20/h2-7,12H,8-11,13H2,1H3. The lowest BCUT2D eigenvalue weighted by molar-refractivity contribution is -0.118. The van der Waals surface area contributed by atoms with E-state index in [4.69, 9.17) is 9.47 Å². The predicted octanol–water partition coefficient (Wildman–Crippen LogP) is 2.16. The molecule has 0 unspecified atom stereocenters. The second kappa shape index (κ2) is 6.77. The number of para-hydroxylation sites is 1. The van der Waals surface area contributed by atoms with Gasteiger partial charge in [0.2, 0.25) is 22.7 Å². The van der Waals surface area contributed by atoms with E-state index in [0.29, 0.717) is 23.7 Å². The summed E-state index contributed by atoms with van der Waals surface area (Å²) in [7, 11) is -3.55. The number of benzene rings is 2. The molecule has 142 valence electrons. The number of amides is 1. The molecule has 7 nitrogen and oxygen atoms in total. The molecule has 0 spiro atoms. The summed E-state index contributed by atoms with van der Waals surface area (Å²) >= 11 is 0. The van der Waals surface area contributed by atoms with E-state index in [0.717, 1.165) is 23.9 Å². The van der Waals surface area contributed by atoms with Crippen LogP contribution in [0.5, 0.6) is 11.5 Å². The summed E-state index contributed by atoms with van der Waals surface area (Å²) in [5, 5.41) is 0. The first-order chi connectivity index (χ1) is 12.9. The Labute approximate surface area is 158 Å². The van der Waals surface area contributed by atoms with Crippen molar-refractivity contribution in [2.45, 2.75) is 12.8 Å². The summed E-state index contributed by atoms with van der Waals surface area (Å²) in [4.78, 5) is 14.4. The van der Waals surface area contributed by atoms with Crippen molar-refractivity contribution in [1.29, 1.82) is 0 Å². The Hall–Kier alpha value is -2.74. The fraction of sp³-hybridized carbons (Fsp3) is 0.316. The fourth-order valence-corrected chi connectivity index (χ4v) is 4.38. The van der Waals surface area contributed by atoms with Crippen LogP contribution in [0.3, 0.4) is 0 Å². The van der Waals surface area contributed by atoms with E-state index in [9.17, 15) is 13.2 Å². The molecule has 8 heteroatoms. The molecule has 0 bridgehead atoms. The van der Waals surface area contributed by atoms with Gasteiger partial charge in [0.25, 0.3) is 0 Å². The Morgan fingerprint density at radius 3 is 2.74 bits per heavy atom. The number of hydrogen-bond donors (Lipinski definition) is 0. The number of carbonyl (C=O) groups is 1. The zero-order valence-electron chi connectivity index (χ0n) is 14.9. The smallest absolute Gasteiger partial charge is 0.232 e. The maximum Gasteiger partial charge on any atom is 0.232 e. The first-order valence-corrected chi connectivity index (χ1v) is 10.5. The highest BCUT2D eigenvalue weighted by Gasteiger charge is 2.26. The monoisotopic (exact) mass is 388 g/mol. The van der Waals surface area contributed by atoms with E-state index in [1.807, 2.05) is 24.3 Å². The van der Waals surface area contributed by atoms with Crippen molar-refractivity contribution in [3.63, 3.8) is 0 Å². The molecule has 2 heterocycles. The maximum atomic E-state index is 12.7. The van der Waals surface area contributed by atoms with E-state index in [2.05, 4.69) is 0 Å². The molecule has 0 fully saturated rings. The fourth-order valence-electron chi connectivity index (χ4n) is 3.46. The number of fused-ring (bicyclic) bond motifs is 2. The first kappa shape index (κ1) is 17.7. The van der Waals surface area contributed by atoms with Crippen LogP contribution < -0.4 is 18.7 Å². The SMILES string of the molecule is CS(=O)(=O)N(CCC(=O)N1CCc2ccccc21)c1ccc2c(c1)OCO2. The lowest BCUT2D eigenvalue weighted by atomic mass is 10.2. The Morgan fingerprint density at radius 1 is 1.15 bits per heavy atom.